The number of hydrogen-bond donors (Lipinski definition) is 1. The lowest BCUT2D eigenvalue weighted by Crippen LogP contribution is -2.43. The third-order valence-corrected chi connectivity index (χ3v) is 4.82. The number of ketones is 1. The average Bonchev–Trinajstić information content (AvgIpc) is 2.86. The minimum absolute atomic E-state index is 0.00803. The highest BCUT2D eigenvalue weighted by molar-refractivity contribution is 6.00. The lowest BCUT2D eigenvalue weighted by Gasteiger charge is -2.34. The molecule has 1 saturated heterocycles. The van der Waals surface area contributed by atoms with Crippen molar-refractivity contribution in [2.24, 2.45) is 5.41 Å². The van der Waals surface area contributed by atoms with Crippen molar-refractivity contribution >= 4 is 17.7 Å². The maximum atomic E-state index is 12.6. The van der Waals surface area contributed by atoms with Crippen LogP contribution in [0.2, 0.25) is 0 Å². The van der Waals surface area contributed by atoms with Crippen molar-refractivity contribution in [1.29, 1.82) is 0 Å². The van der Waals surface area contributed by atoms with Crippen LogP contribution in [-0.2, 0) is 23.9 Å². The predicted octanol–water partition coefficient (Wildman–Crippen LogP) is 2.41. The highest BCUT2D eigenvalue weighted by atomic mass is 16.6. The van der Waals surface area contributed by atoms with E-state index in [0.717, 1.165) is 24.0 Å². The summed E-state index contributed by atoms with van der Waals surface area (Å²) in [6, 6.07) is 0. The minimum Gasteiger partial charge on any atom is -0.458 e. The molecular weight excluding hydrogens is 336 g/mol. The smallest absolute Gasteiger partial charge is 0.307 e. The summed E-state index contributed by atoms with van der Waals surface area (Å²) in [7, 11) is 0. The quantitative estimate of drug-likeness (QED) is 0.576. The van der Waals surface area contributed by atoms with E-state index in [1.807, 2.05) is 26.0 Å². The first-order valence-electron chi connectivity index (χ1n) is 8.80. The van der Waals surface area contributed by atoms with Gasteiger partial charge in [0.1, 0.15) is 12.2 Å². The molecule has 0 aromatic heterocycles. The van der Waals surface area contributed by atoms with Crippen molar-refractivity contribution in [2.45, 2.75) is 58.7 Å². The van der Waals surface area contributed by atoms with Crippen LogP contribution in [0.5, 0.6) is 0 Å². The van der Waals surface area contributed by atoms with Crippen LogP contribution in [-0.4, -0.2) is 41.6 Å². The van der Waals surface area contributed by atoms with Crippen molar-refractivity contribution in [3.05, 3.63) is 35.5 Å². The SMILES string of the molecule is CC(=O)O[C@@H]1C=CC(=O)[C@@]2(CC(=O)O[C@@H]2/C=C(\C)CC/C=C(\C)CO)C1. The number of ether oxygens (including phenoxy) is 2. The fourth-order valence-electron chi connectivity index (χ4n) is 3.40. The summed E-state index contributed by atoms with van der Waals surface area (Å²) in [5.41, 5.74) is 0.889. The molecule has 0 unspecified atom stereocenters. The number of aliphatic hydroxyl groups excluding tert-OH is 1. The van der Waals surface area contributed by atoms with Gasteiger partial charge >= 0.3 is 11.9 Å². The van der Waals surface area contributed by atoms with E-state index in [9.17, 15) is 14.4 Å². The second kappa shape index (κ2) is 8.45. The van der Waals surface area contributed by atoms with Gasteiger partial charge in [0.2, 0.25) is 0 Å². The van der Waals surface area contributed by atoms with Crippen molar-refractivity contribution in [1.82, 2.24) is 0 Å². The van der Waals surface area contributed by atoms with Crippen LogP contribution >= 0.6 is 0 Å². The molecule has 0 aromatic carbocycles. The monoisotopic (exact) mass is 362 g/mol. The first kappa shape index (κ1) is 20.1. The molecule has 2 rings (SSSR count). The molecule has 0 saturated carbocycles. The Hall–Kier alpha value is -2.21. The highest BCUT2D eigenvalue weighted by Crippen LogP contribution is 2.45. The Kier molecular flexibility index (Phi) is 6.53. The first-order chi connectivity index (χ1) is 12.3. The molecule has 6 heteroatoms. The molecular formula is C20H26O6. The number of aliphatic hydroxyl groups is 1. The van der Waals surface area contributed by atoms with E-state index in [1.54, 1.807) is 6.08 Å². The maximum absolute atomic E-state index is 12.6. The topological polar surface area (TPSA) is 89.9 Å². The van der Waals surface area contributed by atoms with Gasteiger partial charge in [-0.15, -0.1) is 0 Å². The number of carbonyl (C=O) groups excluding carboxylic acids is 3. The van der Waals surface area contributed by atoms with E-state index in [0.29, 0.717) is 0 Å². The summed E-state index contributed by atoms with van der Waals surface area (Å²) in [6.45, 7) is 5.13. The average molecular weight is 362 g/mol. The number of allylic oxidation sites excluding steroid dienone is 3. The molecule has 26 heavy (non-hydrogen) atoms. The van der Waals surface area contributed by atoms with Crippen LogP contribution in [0.3, 0.4) is 0 Å². The van der Waals surface area contributed by atoms with Crippen LogP contribution in [0.25, 0.3) is 0 Å². The van der Waals surface area contributed by atoms with Crippen LogP contribution in [0.15, 0.2) is 35.5 Å². The van der Waals surface area contributed by atoms with Gasteiger partial charge in [-0.3, -0.25) is 14.4 Å². The fourth-order valence-corrected chi connectivity index (χ4v) is 3.40. The molecule has 1 aliphatic carbocycles. The molecule has 1 aliphatic heterocycles. The summed E-state index contributed by atoms with van der Waals surface area (Å²) in [4.78, 5) is 35.8. The van der Waals surface area contributed by atoms with Crippen molar-refractivity contribution in [3.63, 3.8) is 0 Å². The van der Waals surface area contributed by atoms with Gasteiger partial charge in [-0.1, -0.05) is 17.2 Å². The molecule has 3 atom stereocenters. The number of hydrogen-bond acceptors (Lipinski definition) is 6. The predicted molar refractivity (Wildman–Crippen MR) is 95.1 cm³/mol. The molecule has 1 N–H and O–H groups in total. The van der Waals surface area contributed by atoms with Gasteiger partial charge in [0, 0.05) is 13.3 Å². The summed E-state index contributed by atoms with van der Waals surface area (Å²) in [6.07, 6.45) is 7.27. The van der Waals surface area contributed by atoms with Crippen molar-refractivity contribution < 1.29 is 29.0 Å². The Morgan fingerprint density at radius 1 is 1.35 bits per heavy atom. The largest absolute Gasteiger partial charge is 0.458 e. The Balaban J connectivity index is 2.17. The van der Waals surface area contributed by atoms with Crippen LogP contribution in [0, 0.1) is 5.41 Å². The molecule has 0 aromatic rings. The number of cyclic esters (lactones) is 1. The third-order valence-electron chi connectivity index (χ3n) is 4.82. The third kappa shape index (κ3) is 4.69. The molecule has 6 nitrogen and oxygen atoms in total. The van der Waals surface area contributed by atoms with E-state index >= 15 is 0 Å². The van der Waals surface area contributed by atoms with Gasteiger partial charge in [-0.25, -0.2) is 0 Å². The second-order valence-electron chi connectivity index (χ2n) is 7.08. The Labute approximate surface area is 153 Å². The number of carbonyl (C=O) groups is 3. The lowest BCUT2D eigenvalue weighted by atomic mass is 9.69. The van der Waals surface area contributed by atoms with E-state index < -0.39 is 29.6 Å². The lowest BCUT2D eigenvalue weighted by molar-refractivity contribution is -0.148. The van der Waals surface area contributed by atoms with Crippen LogP contribution in [0.1, 0.15) is 46.5 Å². The summed E-state index contributed by atoms with van der Waals surface area (Å²) in [5, 5.41) is 9.02. The molecule has 0 radical (unpaired) electrons. The van der Waals surface area contributed by atoms with E-state index in [2.05, 4.69) is 0 Å². The summed E-state index contributed by atoms with van der Waals surface area (Å²) >= 11 is 0. The number of rotatable bonds is 6. The fraction of sp³-hybridized carbons (Fsp3) is 0.550. The second-order valence-corrected chi connectivity index (χ2v) is 7.08. The summed E-state index contributed by atoms with van der Waals surface area (Å²) in [5.74, 6) is -1.01. The molecule has 2 aliphatic rings. The van der Waals surface area contributed by atoms with Gasteiger partial charge < -0.3 is 14.6 Å². The Morgan fingerprint density at radius 3 is 2.73 bits per heavy atom. The van der Waals surface area contributed by atoms with E-state index in [4.69, 9.17) is 14.6 Å². The van der Waals surface area contributed by atoms with Crippen molar-refractivity contribution in [3.8, 4) is 0 Å². The highest BCUT2D eigenvalue weighted by Gasteiger charge is 2.55. The molecule has 1 spiro atoms. The molecule has 142 valence electrons. The minimum atomic E-state index is -1.01. The summed E-state index contributed by atoms with van der Waals surface area (Å²) < 4.78 is 10.7. The normalized spacial score (nSPS) is 29.2. The van der Waals surface area contributed by atoms with Gasteiger partial charge in [0.25, 0.3) is 0 Å². The molecule has 1 heterocycles. The van der Waals surface area contributed by atoms with Gasteiger partial charge in [-0.2, -0.15) is 0 Å². The first-order valence-corrected chi connectivity index (χ1v) is 8.80. The zero-order valence-electron chi connectivity index (χ0n) is 15.5. The maximum Gasteiger partial charge on any atom is 0.307 e. The molecule has 0 bridgehead atoms. The van der Waals surface area contributed by atoms with Crippen LogP contribution in [0.4, 0.5) is 0 Å². The van der Waals surface area contributed by atoms with E-state index in [1.165, 1.54) is 13.0 Å². The van der Waals surface area contributed by atoms with Crippen LogP contribution < -0.4 is 0 Å². The Bertz CT molecular complexity index is 672. The van der Waals surface area contributed by atoms with Crippen molar-refractivity contribution in [2.75, 3.05) is 6.61 Å². The molecule has 1 fully saturated rings. The zero-order chi connectivity index (χ0) is 19.3. The standard InChI is InChI=1S/C20H26O6/c1-13(5-4-6-14(2)12-21)9-18-20(11-19(24)26-18)10-16(25-15(3)22)7-8-17(20)23/h6-9,16,18,21H,4-5,10-12H2,1-3H3/b13-9+,14-6+/t16-,18-,20+/m1/s1. The zero-order valence-corrected chi connectivity index (χ0v) is 15.5. The van der Waals surface area contributed by atoms with Gasteiger partial charge in [0.15, 0.2) is 5.78 Å². The Morgan fingerprint density at radius 2 is 2.08 bits per heavy atom. The van der Waals surface area contributed by atoms with E-state index in [-0.39, 0.29) is 25.2 Å². The molecule has 0 amide bonds. The van der Waals surface area contributed by atoms with Gasteiger partial charge in [0.05, 0.1) is 18.4 Å². The van der Waals surface area contributed by atoms with Gasteiger partial charge in [-0.05, 0) is 44.9 Å². The number of esters is 2.